The molecule has 1 fully saturated rings. The first-order valence-electron chi connectivity index (χ1n) is 9.83. The molecule has 1 atom stereocenters. The second-order valence-corrected chi connectivity index (χ2v) is 7.84. The average molecular weight is 409 g/mol. The largest absolute Gasteiger partial charge is 0.334 e. The number of carbonyl (C=O) groups is 1. The average Bonchev–Trinajstić information content (AvgIpc) is 3.22. The molecule has 0 radical (unpaired) electrons. The van der Waals surface area contributed by atoms with E-state index in [0.29, 0.717) is 0 Å². The van der Waals surface area contributed by atoms with E-state index in [4.69, 9.17) is 16.6 Å². The van der Waals surface area contributed by atoms with E-state index < -0.39 is 0 Å². The van der Waals surface area contributed by atoms with Crippen LogP contribution in [0.2, 0.25) is 5.02 Å². The van der Waals surface area contributed by atoms with Crippen LogP contribution in [0.4, 0.5) is 4.39 Å². The maximum absolute atomic E-state index is 13.1. The van der Waals surface area contributed by atoms with Crippen molar-refractivity contribution in [2.75, 3.05) is 6.54 Å². The molecular weight excluding hydrogens is 387 g/mol. The van der Waals surface area contributed by atoms with Gasteiger partial charge >= 0.3 is 0 Å². The number of halogens is 2. The first kappa shape index (κ1) is 19.6. The van der Waals surface area contributed by atoms with Gasteiger partial charge in [-0.2, -0.15) is 0 Å². The summed E-state index contributed by atoms with van der Waals surface area (Å²) in [7, 11) is 0. The van der Waals surface area contributed by atoms with Crippen LogP contribution in [0.1, 0.15) is 41.4 Å². The van der Waals surface area contributed by atoms with Crippen molar-refractivity contribution in [1.29, 1.82) is 0 Å². The van der Waals surface area contributed by atoms with Crippen molar-refractivity contribution < 1.29 is 9.18 Å². The molecule has 1 saturated heterocycles. The van der Waals surface area contributed by atoms with Crippen LogP contribution in [0.3, 0.4) is 0 Å². The van der Waals surface area contributed by atoms with E-state index in [0.717, 1.165) is 53.3 Å². The highest BCUT2D eigenvalue weighted by atomic mass is 35.5. The fourth-order valence-electron chi connectivity index (χ4n) is 3.84. The SMILES string of the molecule is O=C(Cc1ccc(F)cc1)N1CCC[C@H]1c1cccc(Cc2ccc(Cl)cc2)n1. The van der Waals surface area contributed by atoms with Crippen molar-refractivity contribution in [3.8, 4) is 0 Å². The summed E-state index contributed by atoms with van der Waals surface area (Å²) in [5, 5.41) is 0.719. The molecule has 4 rings (SSSR count). The fraction of sp³-hybridized carbons (Fsp3) is 0.250. The number of nitrogens with zero attached hydrogens (tertiary/aromatic N) is 2. The topological polar surface area (TPSA) is 33.2 Å². The Balaban J connectivity index is 1.48. The van der Waals surface area contributed by atoms with E-state index in [-0.39, 0.29) is 24.2 Å². The summed E-state index contributed by atoms with van der Waals surface area (Å²) in [6.07, 6.45) is 2.87. The molecule has 2 heterocycles. The van der Waals surface area contributed by atoms with Gasteiger partial charge in [0.15, 0.2) is 0 Å². The Morgan fingerprint density at radius 2 is 1.76 bits per heavy atom. The van der Waals surface area contributed by atoms with Gasteiger partial charge in [-0.1, -0.05) is 41.9 Å². The highest BCUT2D eigenvalue weighted by molar-refractivity contribution is 6.30. The Morgan fingerprint density at radius 3 is 2.52 bits per heavy atom. The van der Waals surface area contributed by atoms with E-state index in [1.165, 1.54) is 12.1 Å². The minimum atomic E-state index is -0.290. The predicted molar refractivity (Wildman–Crippen MR) is 112 cm³/mol. The molecule has 1 aliphatic rings. The number of pyridine rings is 1. The monoisotopic (exact) mass is 408 g/mol. The molecule has 2 aromatic carbocycles. The summed E-state index contributed by atoms with van der Waals surface area (Å²) in [5.41, 5.74) is 3.88. The Kier molecular flexibility index (Phi) is 5.91. The Labute approximate surface area is 175 Å². The third kappa shape index (κ3) is 4.83. The lowest BCUT2D eigenvalue weighted by molar-refractivity contribution is -0.131. The number of benzene rings is 2. The van der Waals surface area contributed by atoms with Gasteiger partial charge < -0.3 is 4.90 Å². The third-order valence-electron chi connectivity index (χ3n) is 5.31. The zero-order valence-corrected chi connectivity index (χ0v) is 16.8. The summed E-state index contributed by atoms with van der Waals surface area (Å²) in [5.74, 6) is -0.231. The molecule has 1 amide bonds. The normalized spacial score (nSPS) is 16.2. The molecule has 5 heteroatoms. The fourth-order valence-corrected chi connectivity index (χ4v) is 3.97. The Hall–Kier alpha value is -2.72. The number of rotatable bonds is 5. The van der Waals surface area contributed by atoms with Crippen molar-refractivity contribution in [2.45, 2.75) is 31.7 Å². The maximum Gasteiger partial charge on any atom is 0.227 e. The number of amides is 1. The smallest absolute Gasteiger partial charge is 0.227 e. The highest BCUT2D eigenvalue weighted by Crippen LogP contribution is 2.31. The number of hydrogen-bond acceptors (Lipinski definition) is 2. The zero-order chi connectivity index (χ0) is 20.2. The van der Waals surface area contributed by atoms with E-state index in [9.17, 15) is 9.18 Å². The Morgan fingerprint density at radius 1 is 1.03 bits per heavy atom. The number of carbonyl (C=O) groups excluding carboxylic acids is 1. The summed E-state index contributed by atoms with van der Waals surface area (Å²) >= 11 is 5.97. The van der Waals surface area contributed by atoms with Gasteiger partial charge in [-0.3, -0.25) is 9.78 Å². The van der Waals surface area contributed by atoms with Crippen molar-refractivity contribution in [2.24, 2.45) is 0 Å². The summed E-state index contributed by atoms with van der Waals surface area (Å²) in [6.45, 7) is 0.730. The van der Waals surface area contributed by atoms with Crippen LogP contribution < -0.4 is 0 Å². The van der Waals surface area contributed by atoms with E-state index >= 15 is 0 Å². The van der Waals surface area contributed by atoms with Crippen molar-refractivity contribution >= 4 is 17.5 Å². The summed E-state index contributed by atoms with van der Waals surface area (Å²) < 4.78 is 13.1. The van der Waals surface area contributed by atoms with Gasteiger partial charge in [-0.05, 0) is 60.4 Å². The van der Waals surface area contributed by atoms with Crippen molar-refractivity contribution in [1.82, 2.24) is 9.88 Å². The van der Waals surface area contributed by atoms with Crippen molar-refractivity contribution in [3.05, 3.63) is 100 Å². The van der Waals surface area contributed by atoms with Crippen LogP contribution in [-0.4, -0.2) is 22.3 Å². The highest BCUT2D eigenvalue weighted by Gasteiger charge is 2.30. The minimum Gasteiger partial charge on any atom is -0.334 e. The van der Waals surface area contributed by atoms with Crippen LogP contribution >= 0.6 is 11.6 Å². The molecule has 0 aliphatic carbocycles. The van der Waals surface area contributed by atoms with Gasteiger partial charge in [0.25, 0.3) is 0 Å². The maximum atomic E-state index is 13.1. The lowest BCUT2D eigenvalue weighted by atomic mass is 10.1. The molecule has 3 aromatic rings. The zero-order valence-electron chi connectivity index (χ0n) is 16.0. The van der Waals surface area contributed by atoms with Gasteiger partial charge in [-0.15, -0.1) is 0 Å². The summed E-state index contributed by atoms with van der Waals surface area (Å²) in [4.78, 5) is 19.6. The number of hydrogen-bond donors (Lipinski definition) is 0. The molecule has 29 heavy (non-hydrogen) atoms. The van der Waals surface area contributed by atoms with E-state index in [2.05, 4.69) is 0 Å². The molecule has 0 unspecified atom stereocenters. The van der Waals surface area contributed by atoms with Gasteiger partial charge in [0.1, 0.15) is 5.82 Å². The quantitative estimate of drug-likeness (QED) is 0.568. The van der Waals surface area contributed by atoms with Crippen LogP contribution in [0.25, 0.3) is 0 Å². The van der Waals surface area contributed by atoms with E-state index in [1.54, 1.807) is 12.1 Å². The molecule has 1 aromatic heterocycles. The molecule has 3 nitrogen and oxygen atoms in total. The third-order valence-corrected chi connectivity index (χ3v) is 5.56. The van der Waals surface area contributed by atoms with Crippen LogP contribution in [0.15, 0.2) is 66.7 Å². The van der Waals surface area contributed by atoms with Gasteiger partial charge in [0.05, 0.1) is 18.2 Å². The predicted octanol–water partition coefficient (Wildman–Crippen LogP) is 5.37. The van der Waals surface area contributed by atoms with Crippen molar-refractivity contribution in [3.63, 3.8) is 0 Å². The minimum absolute atomic E-state index is 0.00637. The summed E-state index contributed by atoms with van der Waals surface area (Å²) in [6, 6.07) is 19.9. The Bertz CT molecular complexity index is 989. The standard InChI is InChI=1S/C24H22ClFN2O/c25-19-10-6-17(7-11-19)15-21-3-1-4-22(27-21)23-5-2-14-28(23)24(29)16-18-8-12-20(26)13-9-18/h1,3-4,6-13,23H,2,5,14-16H2/t23-/m0/s1. The first-order chi connectivity index (χ1) is 14.1. The lowest BCUT2D eigenvalue weighted by Crippen LogP contribution is -2.32. The van der Waals surface area contributed by atoms with Gasteiger partial charge in [0.2, 0.25) is 5.91 Å². The molecule has 0 saturated carbocycles. The van der Waals surface area contributed by atoms with E-state index in [1.807, 2.05) is 47.4 Å². The van der Waals surface area contributed by atoms with Gasteiger partial charge in [-0.25, -0.2) is 4.39 Å². The molecule has 0 N–H and O–H groups in total. The molecule has 0 spiro atoms. The van der Waals surface area contributed by atoms with Crippen LogP contribution in [-0.2, 0) is 17.6 Å². The first-order valence-corrected chi connectivity index (χ1v) is 10.2. The molecule has 0 bridgehead atoms. The van der Waals surface area contributed by atoms with Crippen LogP contribution in [0.5, 0.6) is 0 Å². The molecule has 148 valence electrons. The van der Waals surface area contributed by atoms with Crippen LogP contribution in [0, 0.1) is 5.82 Å². The number of aromatic nitrogens is 1. The molecule has 1 aliphatic heterocycles. The van der Waals surface area contributed by atoms with Gasteiger partial charge in [0, 0.05) is 23.7 Å². The lowest BCUT2D eigenvalue weighted by Gasteiger charge is -2.25. The second-order valence-electron chi connectivity index (χ2n) is 7.41. The number of likely N-dealkylation sites (tertiary alicyclic amines) is 1. The second kappa shape index (κ2) is 8.75. The molecular formula is C24H22ClFN2O.